The van der Waals surface area contributed by atoms with Crippen molar-refractivity contribution in [1.29, 1.82) is 0 Å². The second kappa shape index (κ2) is 5.25. The van der Waals surface area contributed by atoms with E-state index in [0.717, 1.165) is 0 Å². The van der Waals surface area contributed by atoms with Crippen LogP contribution in [0.5, 0.6) is 0 Å². The van der Waals surface area contributed by atoms with Gasteiger partial charge in [-0.2, -0.15) is 0 Å². The number of cyclic esters (lactones) is 1. The third-order valence-corrected chi connectivity index (χ3v) is 1.48. The van der Waals surface area contributed by atoms with Crippen molar-refractivity contribution in [3.05, 3.63) is 11.5 Å². The maximum absolute atomic E-state index is 10.5. The van der Waals surface area contributed by atoms with Gasteiger partial charge in [0.15, 0.2) is 11.9 Å². The third-order valence-electron chi connectivity index (χ3n) is 1.48. The van der Waals surface area contributed by atoms with Crippen LogP contribution in [-0.2, 0) is 9.53 Å². The average molecular weight is 313 g/mol. The van der Waals surface area contributed by atoms with Crippen LogP contribution in [0.1, 0.15) is 0 Å². The van der Waals surface area contributed by atoms with Crippen LogP contribution in [0.25, 0.3) is 0 Å². The molecule has 1 rings (SSSR count). The van der Waals surface area contributed by atoms with Gasteiger partial charge < -0.3 is 25.2 Å². The van der Waals surface area contributed by atoms with Gasteiger partial charge in [0, 0.05) is 48.9 Å². The second-order valence-corrected chi connectivity index (χ2v) is 2.31. The number of hydrogen-bond donors (Lipinski definition) is 4. The molecular weight excluding hydrogens is 305 g/mol. The van der Waals surface area contributed by atoms with Gasteiger partial charge in [0.2, 0.25) is 5.76 Å². The predicted molar refractivity (Wildman–Crippen MR) is 41.0 cm³/mol. The summed E-state index contributed by atoms with van der Waals surface area (Å²) in [5.41, 5.74) is 0. The molecule has 6 nitrogen and oxygen atoms in total. The van der Waals surface area contributed by atoms with Crippen molar-refractivity contribution < 1.29 is 30.0 Å². The van der Waals surface area contributed by atoms with Crippen molar-refractivity contribution in [1.82, 2.24) is 0 Å². The number of ether oxygens (including phenoxy) is 1. The number of esters is 1. The Labute approximate surface area is 114 Å². The summed E-state index contributed by atoms with van der Waals surface area (Å²) in [6.07, 6.45) is -2.78. The number of carbonyl (C=O) groups is 1. The van der Waals surface area contributed by atoms with E-state index in [-0.39, 0.29) is 48.9 Å². The van der Waals surface area contributed by atoms with Gasteiger partial charge in [-0.3, -0.25) is 0 Å². The average Bonchev–Trinajstić information content (AvgIpc) is 2.32. The van der Waals surface area contributed by atoms with E-state index in [1.54, 1.807) is 0 Å². The monoisotopic (exact) mass is 314 g/mol. The van der Waals surface area contributed by atoms with Gasteiger partial charge in [-0.15, -0.1) is 0 Å². The third kappa shape index (κ3) is 2.62. The van der Waals surface area contributed by atoms with E-state index in [0.29, 0.717) is 0 Å². The maximum Gasteiger partial charge on any atom is 0.377 e. The summed E-state index contributed by atoms with van der Waals surface area (Å²) in [5.74, 6) is -2.78. The molecule has 0 unspecified atom stereocenters. The molecule has 1 aliphatic rings. The van der Waals surface area contributed by atoms with Crippen molar-refractivity contribution in [3.63, 3.8) is 0 Å². The van der Waals surface area contributed by atoms with E-state index in [1.807, 2.05) is 0 Å². The normalized spacial score (nSPS) is 23.8. The van der Waals surface area contributed by atoms with Gasteiger partial charge in [0.25, 0.3) is 0 Å². The van der Waals surface area contributed by atoms with Crippen molar-refractivity contribution in [2.24, 2.45) is 0 Å². The number of aliphatic hydroxyl groups excluding tert-OH is 4. The quantitative estimate of drug-likeness (QED) is 0.354. The molecule has 0 bridgehead atoms. The van der Waals surface area contributed by atoms with Gasteiger partial charge in [-0.1, -0.05) is 0 Å². The molecule has 0 spiro atoms. The Bertz CT molecular complexity index is 237. The van der Waals surface area contributed by atoms with Crippen molar-refractivity contribution in [2.45, 2.75) is 12.2 Å². The second-order valence-electron chi connectivity index (χ2n) is 2.31. The summed E-state index contributed by atoms with van der Waals surface area (Å²) in [6, 6.07) is 0. The van der Waals surface area contributed by atoms with Crippen molar-refractivity contribution in [2.75, 3.05) is 6.61 Å². The van der Waals surface area contributed by atoms with Crippen LogP contribution < -0.4 is 0 Å². The topological polar surface area (TPSA) is 107 Å². The minimum atomic E-state index is -1.42. The van der Waals surface area contributed by atoms with E-state index in [4.69, 9.17) is 20.4 Å². The Morgan fingerprint density at radius 1 is 1.46 bits per heavy atom. The van der Waals surface area contributed by atoms with Gasteiger partial charge >= 0.3 is 5.97 Å². The fourth-order valence-electron chi connectivity index (χ4n) is 0.823. The largest absolute Gasteiger partial charge is 0.505 e. The molecule has 0 aromatic rings. The fourth-order valence-corrected chi connectivity index (χ4v) is 0.823. The first-order valence-corrected chi connectivity index (χ1v) is 3.20. The molecule has 0 fully saturated rings. The fraction of sp³-hybridized carbons (Fsp3) is 0.500. The first kappa shape index (κ1) is 13.3. The molecule has 0 aromatic heterocycles. The summed E-state index contributed by atoms with van der Waals surface area (Å²) in [5, 5.41) is 35.0. The zero-order valence-electron chi connectivity index (χ0n) is 6.67. The van der Waals surface area contributed by atoms with E-state index >= 15 is 0 Å². The number of hydrogen-bond acceptors (Lipinski definition) is 6. The van der Waals surface area contributed by atoms with Gasteiger partial charge in [0.1, 0.15) is 6.10 Å². The molecule has 2 radical (unpaired) electrons. The summed E-state index contributed by atoms with van der Waals surface area (Å²) in [6.45, 7) is -0.671. The maximum atomic E-state index is 10.5. The SMILES string of the molecule is O=C1O[C@H]([C@@H](O)CO)C(O)=C1O.[Ba]. The van der Waals surface area contributed by atoms with E-state index in [1.165, 1.54) is 0 Å². The van der Waals surface area contributed by atoms with E-state index < -0.39 is 36.3 Å². The number of aliphatic hydroxyl groups is 4. The van der Waals surface area contributed by atoms with Crippen LogP contribution in [0.4, 0.5) is 0 Å². The first-order chi connectivity index (χ1) is 5.57. The molecule has 0 amide bonds. The standard InChI is InChI=1S/C6H8O6.Ba/c7-1-2(8)5-3(9)4(10)6(11)12-5;/h2,5,7-10H,1H2;/t2-,5+;/m0./s1. The number of rotatable bonds is 2. The molecule has 0 saturated heterocycles. The minimum absolute atomic E-state index is 0. The Morgan fingerprint density at radius 2 is 2.00 bits per heavy atom. The van der Waals surface area contributed by atoms with Crippen molar-refractivity contribution in [3.8, 4) is 0 Å². The van der Waals surface area contributed by atoms with E-state index in [9.17, 15) is 4.79 Å². The molecule has 0 aromatic carbocycles. The molecule has 13 heavy (non-hydrogen) atoms. The molecule has 2 atom stereocenters. The molecule has 0 aliphatic carbocycles. The van der Waals surface area contributed by atoms with Crippen LogP contribution in [-0.4, -0.2) is 94.1 Å². The van der Waals surface area contributed by atoms with Crippen molar-refractivity contribution >= 4 is 54.9 Å². The molecule has 1 heterocycles. The zero-order chi connectivity index (χ0) is 9.30. The summed E-state index contributed by atoms with van der Waals surface area (Å²) < 4.78 is 4.32. The molecule has 7 heteroatoms. The van der Waals surface area contributed by atoms with Crippen LogP contribution in [0.15, 0.2) is 11.5 Å². The Morgan fingerprint density at radius 3 is 2.31 bits per heavy atom. The van der Waals surface area contributed by atoms with Crippen LogP contribution >= 0.6 is 0 Å². The molecule has 4 N–H and O–H groups in total. The van der Waals surface area contributed by atoms with Crippen LogP contribution in [0, 0.1) is 0 Å². The van der Waals surface area contributed by atoms with Crippen LogP contribution in [0.3, 0.4) is 0 Å². The zero-order valence-corrected chi connectivity index (χ0v) is 11.1. The molecule has 0 saturated carbocycles. The van der Waals surface area contributed by atoms with Gasteiger partial charge in [-0.25, -0.2) is 4.79 Å². The molecular formula is C6H8BaO6. The number of carbonyl (C=O) groups excluding carboxylic acids is 1. The molecule has 70 valence electrons. The Hall–Kier alpha value is 0.301. The summed E-state index contributed by atoms with van der Waals surface area (Å²) in [4.78, 5) is 10.5. The summed E-state index contributed by atoms with van der Waals surface area (Å²) >= 11 is 0. The Balaban J connectivity index is 0.00000144. The summed E-state index contributed by atoms with van der Waals surface area (Å²) in [7, 11) is 0. The van der Waals surface area contributed by atoms with Gasteiger partial charge in [0.05, 0.1) is 6.61 Å². The minimum Gasteiger partial charge on any atom is -0.505 e. The molecule has 1 aliphatic heterocycles. The predicted octanol–water partition coefficient (Wildman–Crippen LogP) is -1.79. The smallest absolute Gasteiger partial charge is 0.377 e. The Kier molecular flexibility index (Phi) is 5.37. The van der Waals surface area contributed by atoms with E-state index in [2.05, 4.69) is 4.74 Å². The van der Waals surface area contributed by atoms with Gasteiger partial charge in [-0.05, 0) is 0 Å². The first-order valence-electron chi connectivity index (χ1n) is 3.20. The van der Waals surface area contributed by atoms with Crippen LogP contribution in [0.2, 0.25) is 0 Å².